The van der Waals surface area contributed by atoms with Crippen LogP contribution >= 0.6 is 0 Å². The number of aromatic nitrogens is 1. The average molecular weight is 318 g/mol. The van der Waals surface area contributed by atoms with Gasteiger partial charge in [0.25, 0.3) is 11.5 Å². The lowest BCUT2D eigenvalue weighted by atomic mass is 10.2. The molecule has 2 N–H and O–H groups in total. The molecule has 1 amide bonds. The second kappa shape index (κ2) is 6.21. The first-order valence-electron chi connectivity index (χ1n) is 7.12. The molecule has 0 aliphatic carbocycles. The number of hydrogen-bond acceptors (Lipinski definition) is 4. The second-order valence-corrected chi connectivity index (χ2v) is 5.30. The number of aliphatic hydroxyl groups is 1. The topological polar surface area (TPSA) is 82.6 Å². The number of β-amino-alcohol motifs (C(OH)–C–C–N with tert-alkyl or cyclic N) is 1. The Hall–Kier alpha value is -2.67. The van der Waals surface area contributed by atoms with Crippen molar-refractivity contribution in [3.63, 3.8) is 0 Å². The summed E-state index contributed by atoms with van der Waals surface area (Å²) in [5.41, 5.74) is -0.479. The van der Waals surface area contributed by atoms with Gasteiger partial charge in [-0.05, 0) is 24.3 Å². The monoisotopic (exact) mass is 318 g/mol. The lowest BCUT2D eigenvalue weighted by Crippen LogP contribution is -2.34. The highest BCUT2D eigenvalue weighted by atomic mass is 19.1. The number of amides is 1. The van der Waals surface area contributed by atoms with Gasteiger partial charge in [-0.2, -0.15) is 0 Å². The highest BCUT2D eigenvalue weighted by Crippen LogP contribution is 2.20. The molecule has 1 fully saturated rings. The second-order valence-electron chi connectivity index (χ2n) is 5.30. The van der Waals surface area contributed by atoms with Crippen LogP contribution in [0.3, 0.4) is 0 Å². The summed E-state index contributed by atoms with van der Waals surface area (Å²) >= 11 is 0. The first-order chi connectivity index (χ1) is 11.0. The predicted molar refractivity (Wildman–Crippen MR) is 79.8 cm³/mol. The van der Waals surface area contributed by atoms with Gasteiger partial charge in [0.15, 0.2) is 0 Å². The number of benzene rings is 1. The van der Waals surface area contributed by atoms with E-state index in [1.807, 2.05) is 0 Å². The summed E-state index contributed by atoms with van der Waals surface area (Å²) in [5, 5.41) is 10.1. The van der Waals surface area contributed by atoms with E-state index in [0.29, 0.717) is 0 Å². The molecule has 0 bridgehead atoms. The normalized spacial score (nSPS) is 20.5. The van der Waals surface area contributed by atoms with Crippen molar-refractivity contribution in [3.05, 3.63) is 64.3 Å². The van der Waals surface area contributed by atoms with Crippen molar-refractivity contribution in [2.45, 2.75) is 12.2 Å². The van der Waals surface area contributed by atoms with Crippen molar-refractivity contribution in [1.82, 2.24) is 9.88 Å². The van der Waals surface area contributed by atoms with E-state index in [1.165, 1.54) is 35.4 Å². The van der Waals surface area contributed by atoms with Crippen LogP contribution in [0.15, 0.2) is 47.4 Å². The van der Waals surface area contributed by atoms with E-state index < -0.39 is 29.5 Å². The van der Waals surface area contributed by atoms with Gasteiger partial charge in [0.1, 0.15) is 29.3 Å². The zero-order valence-corrected chi connectivity index (χ0v) is 12.1. The summed E-state index contributed by atoms with van der Waals surface area (Å²) < 4.78 is 18.7. The van der Waals surface area contributed by atoms with Gasteiger partial charge in [-0.3, -0.25) is 9.59 Å². The van der Waals surface area contributed by atoms with E-state index in [9.17, 15) is 19.1 Å². The number of aliphatic hydroxyl groups excluding tert-OH is 1. The molecule has 2 aromatic rings. The fourth-order valence-corrected chi connectivity index (χ4v) is 2.51. The Kier molecular flexibility index (Phi) is 4.12. The summed E-state index contributed by atoms with van der Waals surface area (Å²) in [6, 6.07) is 8.55. The summed E-state index contributed by atoms with van der Waals surface area (Å²) in [4.78, 5) is 27.8. The first kappa shape index (κ1) is 15.2. The Morgan fingerprint density at radius 3 is 2.87 bits per heavy atom. The Bertz CT molecular complexity index is 776. The Balaban J connectivity index is 1.72. The van der Waals surface area contributed by atoms with Gasteiger partial charge in [-0.1, -0.05) is 6.07 Å². The van der Waals surface area contributed by atoms with Gasteiger partial charge in [0, 0.05) is 12.3 Å². The van der Waals surface area contributed by atoms with Crippen LogP contribution in [-0.2, 0) is 0 Å². The Labute approximate surface area is 131 Å². The lowest BCUT2D eigenvalue weighted by Gasteiger charge is -2.17. The van der Waals surface area contributed by atoms with Crippen LogP contribution in [0, 0.1) is 5.82 Å². The number of rotatable bonds is 3. The average Bonchev–Trinajstić information content (AvgIpc) is 2.88. The number of nitrogens with zero attached hydrogens (tertiary/aromatic N) is 1. The van der Waals surface area contributed by atoms with Gasteiger partial charge in [0.05, 0.1) is 13.1 Å². The largest absolute Gasteiger partial charge is 0.486 e. The van der Waals surface area contributed by atoms with Crippen molar-refractivity contribution >= 4 is 5.91 Å². The van der Waals surface area contributed by atoms with E-state index in [1.54, 1.807) is 12.1 Å². The molecule has 7 heteroatoms. The molecule has 23 heavy (non-hydrogen) atoms. The van der Waals surface area contributed by atoms with E-state index in [-0.39, 0.29) is 24.4 Å². The third kappa shape index (κ3) is 3.24. The van der Waals surface area contributed by atoms with E-state index in [4.69, 9.17) is 4.74 Å². The molecule has 1 aromatic carbocycles. The minimum Gasteiger partial charge on any atom is -0.486 e. The molecule has 1 aliphatic rings. The molecule has 0 spiro atoms. The number of hydrogen-bond donors (Lipinski definition) is 2. The SMILES string of the molecule is O=C(c1ccc[nH]c1=O)N1C[C@@H](O)[C@H](Oc2cccc(F)c2)C1. The fraction of sp³-hybridized carbons (Fsp3) is 0.250. The van der Waals surface area contributed by atoms with Crippen molar-refractivity contribution in [1.29, 1.82) is 0 Å². The number of likely N-dealkylation sites (tertiary alicyclic amines) is 1. The van der Waals surface area contributed by atoms with E-state index >= 15 is 0 Å². The standard InChI is InChI=1S/C16H15FN2O4/c17-10-3-1-4-11(7-10)23-14-9-19(8-13(14)20)16(22)12-5-2-6-18-15(12)21/h1-7,13-14,20H,8-9H2,(H,18,21)/t13-,14-/m1/s1. The Morgan fingerprint density at radius 2 is 2.13 bits per heavy atom. The van der Waals surface area contributed by atoms with Crippen molar-refractivity contribution in [2.24, 2.45) is 0 Å². The molecule has 2 heterocycles. The molecule has 1 aliphatic heterocycles. The molecule has 1 saturated heterocycles. The van der Waals surface area contributed by atoms with Gasteiger partial charge >= 0.3 is 0 Å². The number of nitrogens with one attached hydrogen (secondary N) is 1. The fourth-order valence-electron chi connectivity index (χ4n) is 2.51. The number of pyridine rings is 1. The van der Waals surface area contributed by atoms with Gasteiger partial charge in [-0.25, -0.2) is 4.39 Å². The van der Waals surface area contributed by atoms with Crippen LogP contribution in [0.4, 0.5) is 4.39 Å². The van der Waals surface area contributed by atoms with Crippen molar-refractivity contribution < 1.29 is 19.0 Å². The molecular weight excluding hydrogens is 303 g/mol. The van der Waals surface area contributed by atoms with Crippen LogP contribution in [0.1, 0.15) is 10.4 Å². The Morgan fingerprint density at radius 1 is 1.30 bits per heavy atom. The zero-order chi connectivity index (χ0) is 16.4. The minimum absolute atomic E-state index is 0.00565. The van der Waals surface area contributed by atoms with Gasteiger partial charge in [0.2, 0.25) is 0 Å². The van der Waals surface area contributed by atoms with E-state index in [2.05, 4.69) is 4.98 Å². The minimum atomic E-state index is -0.912. The maximum Gasteiger partial charge on any atom is 0.260 e. The molecule has 1 aromatic heterocycles. The number of ether oxygens (including phenoxy) is 1. The highest BCUT2D eigenvalue weighted by molar-refractivity contribution is 5.94. The predicted octanol–water partition coefficient (Wildman–Crippen LogP) is 0.778. The van der Waals surface area contributed by atoms with Crippen molar-refractivity contribution in [3.8, 4) is 5.75 Å². The quantitative estimate of drug-likeness (QED) is 0.876. The molecule has 0 saturated carbocycles. The van der Waals surface area contributed by atoms with Crippen LogP contribution in [-0.4, -0.2) is 46.2 Å². The highest BCUT2D eigenvalue weighted by Gasteiger charge is 2.36. The molecule has 6 nitrogen and oxygen atoms in total. The number of carbonyl (C=O) groups is 1. The molecule has 3 rings (SSSR count). The number of H-pyrrole nitrogens is 1. The van der Waals surface area contributed by atoms with E-state index in [0.717, 1.165) is 0 Å². The van der Waals surface area contributed by atoms with Crippen LogP contribution < -0.4 is 10.3 Å². The van der Waals surface area contributed by atoms with Crippen LogP contribution in [0.2, 0.25) is 0 Å². The molecule has 120 valence electrons. The molecule has 0 unspecified atom stereocenters. The van der Waals surface area contributed by atoms with Crippen molar-refractivity contribution in [2.75, 3.05) is 13.1 Å². The smallest absolute Gasteiger partial charge is 0.260 e. The van der Waals surface area contributed by atoms with Gasteiger partial charge < -0.3 is 19.7 Å². The summed E-state index contributed by atoms with van der Waals surface area (Å²) in [6.45, 7) is 0.165. The third-order valence-corrected chi connectivity index (χ3v) is 3.66. The van der Waals surface area contributed by atoms with Crippen LogP contribution in [0.25, 0.3) is 0 Å². The number of aromatic amines is 1. The summed E-state index contributed by atoms with van der Waals surface area (Å²) in [5.74, 6) is -0.643. The zero-order valence-electron chi connectivity index (χ0n) is 12.1. The maximum absolute atomic E-state index is 13.2. The first-order valence-corrected chi connectivity index (χ1v) is 7.12. The molecule has 0 radical (unpaired) electrons. The number of halogens is 1. The van der Waals surface area contributed by atoms with Gasteiger partial charge in [-0.15, -0.1) is 0 Å². The lowest BCUT2D eigenvalue weighted by molar-refractivity contribution is 0.0727. The molecular formula is C16H15FN2O4. The third-order valence-electron chi connectivity index (χ3n) is 3.66. The van der Waals surface area contributed by atoms with Crippen LogP contribution in [0.5, 0.6) is 5.75 Å². The summed E-state index contributed by atoms with van der Waals surface area (Å²) in [6.07, 6.45) is -0.151. The molecule has 2 atom stereocenters. The number of carbonyl (C=O) groups excluding carboxylic acids is 1. The summed E-state index contributed by atoms with van der Waals surface area (Å²) in [7, 11) is 0. The maximum atomic E-state index is 13.2.